The normalized spacial score (nSPS) is 17.2. The monoisotopic (exact) mass is 536 g/mol. The molecule has 8 nitrogen and oxygen atoms in total. The number of carbonyl (C=O) groups is 2. The first-order valence-electron chi connectivity index (χ1n) is 12.3. The first-order chi connectivity index (χ1) is 18.1. The summed E-state index contributed by atoms with van der Waals surface area (Å²) in [5, 5.41) is 2.89. The molecule has 200 valence electrons. The molecule has 3 aromatic rings. The topological polar surface area (TPSA) is 102 Å². The second kappa shape index (κ2) is 11.3. The number of nitrogens with zero attached hydrogens (tertiary/aromatic N) is 1. The van der Waals surface area contributed by atoms with Crippen molar-refractivity contribution in [2.75, 3.05) is 20.2 Å². The Hall–Kier alpha value is -3.85. The van der Waals surface area contributed by atoms with Crippen molar-refractivity contribution in [1.82, 2.24) is 10.2 Å². The molecule has 4 rings (SSSR count). The van der Waals surface area contributed by atoms with Gasteiger partial charge in [-0.15, -0.1) is 0 Å². The van der Waals surface area contributed by atoms with Gasteiger partial charge in [0.2, 0.25) is 5.91 Å². The average Bonchev–Trinajstić information content (AvgIpc) is 3.26. The molecule has 1 saturated heterocycles. The summed E-state index contributed by atoms with van der Waals surface area (Å²) < 4.78 is 37.7. The van der Waals surface area contributed by atoms with E-state index in [9.17, 15) is 18.0 Å². The number of methoxy groups -OCH3 is 1. The lowest BCUT2D eigenvalue weighted by molar-refractivity contribution is -0.120. The Morgan fingerprint density at radius 3 is 2.50 bits per heavy atom. The van der Waals surface area contributed by atoms with Gasteiger partial charge in [-0.05, 0) is 55.3 Å². The lowest BCUT2D eigenvalue weighted by atomic mass is 10.0. The highest BCUT2D eigenvalue weighted by atomic mass is 32.2. The molecular formula is C29H32N2O6S. The third-order valence-corrected chi connectivity index (χ3v) is 8.23. The minimum atomic E-state index is -3.68. The van der Waals surface area contributed by atoms with E-state index in [1.54, 1.807) is 47.4 Å². The van der Waals surface area contributed by atoms with Crippen molar-refractivity contribution in [3.8, 4) is 11.5 Å². The van der Waals surface area contributed by atoms with Crippen LogP contribution in [0.5, 0.6) is 11.5 Å². The Balaban J connectivity index is 1.53. The molecule has 3 aromatic carbocycles. The van der Waals surface area contributed by atoms with E-state index < -0.39 is 22.0 Å². The Bertz CT molecular complexity index is 1450. The molecule has 2 atom stereocenters. The lowest BCUT2D eigenvalue weighted by Crippen LogP contribution is -2.44. The Kier molecular flexibility index (Phi) is 8.06. The van der Waals surface area contributed by atoms with Gasteiger partial charge in [0.15, 0.2) is 9.84 Å². The van der Waals surface area contributed by atoms with Gasteiger partial charge in [-0.2, -0.15) is 0 Å². The van der Waals surface area contributed by atoms with Gasteiger partial charge in [-0.1, -0.05) is 42.0 Å². The number of rotatable bonds is 8. The van der Waals surface area contributed by atoms with Crippen LogP contribution in [0.3, 0.4) is 0 Å². The molecule has 9 heteroatoms. The predicted molar refractivity (Wildman–Crippen MR) is 144 cm³/mol. The number of para-hydroxylation sites is 1. The molecule has 0 saturated carbocycles. The fourth-order valence-corrected chi connectivity index (χ4v) is 6.17. The van der Waals surface area contributed by atoms with Crippen LogP contribution in [0.25, 0.3) is 0 Å². The van der Waals surface area contributed by atoms with Crippen molar-refractivity contribution in [3.63, 3.8) is 0 Å². The van der Waals surface area contributed by atoms with Crippen LogP contribution in [0.1, 0.15) is 34.0 Å². The van der Waals surface area contributed by atoms with Gasteiger partial charge >= 0.3 is 0 Å². The standard InChI is InChI=1S/C29H32N2O6S/c1-19-12-13-20(2)24(14-19)29(33)31-16-25(30-21(3)32)27(17-31)37-23-9-7-8-22(15-23)18-38(34,35)28-11-6-5-10-26(28)36-4/h5-15,25,27H,16-18H2,1-4H3,(H,30,32). The van der Waals surface area contributed by atoms with E-state index in [4.69, 9.17) is 9.47 Å². The summed E-state index contributed by atoms with van der Waals surface area (Å²) in [6.45, 7) is 5.84. The zero-order valence-corrected chi connectivity index (χ0v) is 22.7. The van der Waals surface area contributed by atoms with Gasteiger partial charge < -0.3 is 19.7 Å². The third-order valence-electron chi connectivity index (χ3n) is 6.51. The van der Waals surface area contributed by atoms with Crippen molar-refractivity contribution in [2.24, 2.45) is 0 Å². The van der Waals surface area contributed by atoms with Crippen LogP contribution in [-0.4, -0.2) is 57.5 Å². The SMILES string of the molecule is COc1ccccc1S(=O)(=O)Cc1cccc(OC2CN(C(=O)c3cc(C)ccc3C)CC2NC(C)=O)c1. The Labute approximate surface area is 223 Å². The second-order valence-electron chi connectivity index (χ2n) is 9.55. The summed E-state index contributed by atoms with van der Waals surface area (Å²) in [4.78, 5) is 27.0. The zero-order valence-electron chi connectivity index (χ0n) is 21.9. The van der Waals surface area contributed by atoms with E-state index in [0.717, 1.165) is 11.1 Å². The Morgan fingerprint density at radius 1 is 1.00 bits per heavy atom. The molecule has 1 heterocycles. The summed E-state index contributed by atoms with van der Waals surface area (Å²) in [6.07, 6.45) is -0.506. The molecule has 1 N–H and O–H groups in total. The highest BCUT2D eigenvalue weighted by Gasteiger charge is 2.38. The van der Waals surface area contributed by atoms with Gasteiger partial charge in [-0.25, -0.2) is 8.42 Å². The first kappa shape index (κ1) is 27.2. The van der Waals surface area contributed by atoms with E-state index >= 15 is 0 Å². The molecule has 1 aliphatic heterocycles. The molecule has 0 aliphatic carbocycles. The number of benzene rings is 3. The molecule has 38 heavy (non-hydrogen) atoms. The van der Waals surface area contributed by atoms with Gasteiger partial charge in [0.1, 0.15) is 22.5 Å². The van der Waals surface area contributed by atoms with E-state index in [0.29, 0.717) is 23.4 Å². The van der Waals surface area contributed by atoms with E-state index in [1.807, 2.05) is 32.0 Å². The van der Waals surface area contributed by atoms with Crippen molar-refractivity contribution >= 4 is 21.7 Å². The number of carbonyl (C=O) groups excluding carboxylic acids is 2. The number of amides is 2. The minimum Gasteiger partial charge on any atom is -0.495 e. The minimum absolute atomic E-state index is 0.121. The molecule has 2 unspecified atom stereocenters. The van der Waals surface area contributed by atoms with Crippen LogP contribution in [-0.2, 0) is 20.4 Å². The molecular weight excluding hydrogens is 504 g/mol. The lowest BCUT2D eigenvalue weighted by Gasteiger charge is -2.20. The fraction of sp³-hybridized carbons (Fsp3) is 0.310. The van der Waals surface area contributed by atoms with E-state index in [2.05, 4.69) is 5.32 Å². The van der Waals surface area contributed by atoms with Crippen LogP contribution in [0.15, 0.2) is 71.6 Å². The number of nitrogens with one attached hydrogen (secondary N) is 1. The molecule has 0 radical (unpaired) electrons. The van der Waals surface area contributed by atoms with Crippen molar-refractivity contribution in [1.29, 1.82) is 0 Å². The van der Waals surface area contributed by atoms with Crippen LogP contribution >= 0.6 is 0 Å². The highest BCUT2D eigenvalue weighted by Crippen LogP contribution is 2.28. The summed E-state index contributed by atoms with van der Waals surface area (Å²) >= 11 is 0. The highest BCUT2D eigenvalue weighted by molar-refractivity contribution is 7.90. The maximum absolute atomic E-state index is 13.3. The molecule has 0 spiro atoms. The fourth-order valence-electron chi connectivity index (χ4n) is 4.65. The quantitative estimate of drug-likeness (QED) is 0.471. The molecule has 1 aliphatic rings. The number of ether oxygens (including phenoxy) is 2. The third kappa shape index (κ3) is 6.16. The van der Waals surface area contributed by atoms with E-state index in [1.165, 1.54) is 20.1 Å². The number of hydrogen-bond donors (Lipinski definition) is 1. The smallest absolute Gasteiger partial charge is 0.254 e. The van der Waals surface area contributed by atoms with Crippen molar-refractivity contribution < 1.29 is 27.5 Å². The molecule has 0 bridgehead atoms. The van der Waals surface area contributed by atoms with Crippen LogP contribution in [0.2, 0.25) is 0 Å². The van der Waals surface area contributed by atoms with Crippen LogP contribution in [0.4, 0.5) is 0 Å². The maximum atomic E-state index is 13.3. The predicted octanol–water partition coefficient (Wildman–Crippen LogP) is 3.69. The summed E-state index contributed by atoms with van der Waals surface area (Å²) in [6, 6.07) is 18.7. The van der Waals surface area contributed by atoms with E-state index in [-0.39, 0.29) is 34.8 Å². The number of hydrogen-bond acceptors (Lipinski definition) is 6. The van der Waals surface area contributed by atoms with Crippen molar-refractivity contribution in [3.05, 3.63) is 89.0 Å². The number of sulfone groups is 1. The van der Waals surface area contributed by atoms with Crippen LogP contribution < -0.4 is 14.8 Å². The first-order valence-corrected chi connectivity index (χ1v) is 14.0. The zero-order chi connectivity index (χ0) is 27.4. The largest absolute Gasteiger partial charge is 0.495 e. The second-order valence-corrected chi connectivity index (χ2v) is 11.5. The number of likely N-dealkylation sites (tertiary alicyclic amines) is 1. The Morgan fingerprint density at radius 2 is 1.76 bits per heavy atom. The van der Waals surface area contributed by atoms with Gasteiger partial charge in [0.05, 0.1) is 25.4 Å². The van der Waals surface area contributed by atoms with Crippen LogP contribution in [0, 0.1) is 13.8 Å². The summed E-state index contributed by atoms with van der Waals surface area (Å²) in [7, 11) is -2.24. The molecule has 1 fully saturated rings. The average molecular weight is 537 g/mol. The molecule has 0 aromatic heterocycles. The van der Waals surface area contributed by atoms with Gasteiger partial charge in [0.25, 0.3) is 5.91 Å². The van der Waals surface area contributed by atoms with Crippen molar-refractivity contribution in [2.45, 2.75) is 43.6 Å². The maximum Gasteiger partial charge on any atom is 0.254 e. The summed E-state index contributed by atoms with van der Waals surface area (Å²) in [5.41, 5.74) is 3.04. The molecule has 2 amide bonds. The summed E-state index contributed by atoms with van der Waals surface area (Å²) in [5.74, 6) is 0.170. The van der Waals surface area contributed by atoms with Gasteiger partial charge in [-0.3, -0.25) is 9.59 Å². The van der Waals surface area contributed by atoms with Gasteiger partial charge in [0, 0.05) is 19.0 Å². The number of aryl methyl sites for hydroxylation is 2.